The fourth-order valence-electron chi connectivity index (χ4n) is 8.07. The van der Waals surface area contributed by atoms with Crippen LogP contribution in [0.4, 0.5) is 0 Å². The van der Waals surface area contributed by atoms with Gasteiger partial charge in [0.05, 0.1) is 28.1 Å². The van der Waals surface area contributed by atoms with E-state index in [1.54, 1.807) is 0 Å². The minimum absolute atomic E-state index is 0.244. The second kappa shape index (κ2) is 13.6. The van der Waals surface area contributed by atoms with Crippen LogP contribution in [0.1, 0.15) is 73.2 Å². The van der Waals surface area contributed by atoms with Crippen LogP contribution >= 0.6 is 0 Å². The van der Waals surface area contributed by atoms with Crippen molar-refractivity contribution in [3.05, 3.63) is 155 Å². The number of hydrogen-bond acceptors (Lipinski definition) is 3. The van der Waals surface area contributed by atoms with Crippen LogP contribution in [0.2, 0.25) is 0 Å². The molecule has 0 unspecified atom stereocenters. The van der Waals surface area contributed by atoms with Gasteiger partial charge in [-0.05, 0) is 115 Å². The summed E-state index contributed by atoms with van der Waals surface area (Å²) in [6, 6.07) is 40.6. The largest absolute Gasteiger partial charge is 0.457 e. The Bertz CT molecular complexity index is 2620. The average Bonchev–Trinajstić information content (AvgIpc) is 3.68. The van der Waals surface area contributed by atoms with Crippen molar-refractivity contribution in [2.24, 2.45) is 0 Å². The molecule has 0 atom stereocenters. The van der Waals surface area contributed by atoms with Gasteiger partial charge >= 0.3 is 0 Å². The Morgan fingerprint density at radius 3 is 2.00 bits per heavy atom. The van der Waals surface area contributed by atoms with E-state index in [2.05, 4.69) is 174 Å². The topological polar surface area (TPSA) is 44.9 Å². The van der Waals surface area contributed by atoms with Crippen LogP contribution in [0.15, 0.2) is 121 Å². The first kappa shape index (κ1) is 34.2. The van der Waals surface area contributed by atoms with Crippen molar-refractivity contribution in [1.82, 2.24) is 19.3 Å². The molecular weight excluding hydrogens is 649 g/mol. The number of nitrogens with zero attached hydrogens (tertiary/aromatic N) is 4. The van der Waals surface area contributed by atoms with E-state index in [-0.39, 0.29) is 11.8 Å². The number of benzene rings is 5. The van der Waals surface area contributed by atoms with Gasteiger partial charge in [0.1, 0.15) is 17.3 Å². The molecule has 8 aromatic rings. The van der Waals surface area contributed by atoms with Crippen LogP contribution in [0, 0.1) is 27.7 Å². The first-order valence-electron chi connectivity index (χ1n) is 18.6. The summed E-state index contributed by atoms with van der Waals surface area (Å²) in [5.41, 5.74) is 15.3. The van der Waals surface area contributed by atoms with E-state index in [1.807, 2.05) is 12.3 Å². The number of ether oxygens (including phenoxy) is 1. The van der Waals surface area contributed by atoms with Gasteiger partial charge in [0.15, 0.2) is 0 Å². The number of pyridine rings is 1. The highest BCUT2D eigenvalue weighted by Gasteiger charge is 2.27. The summed E-state index contributed by atoms with van der Waals surface area (Å²) in [6.45, 7) is 17.8. The lowest BCUT2D eigenvalue weighted by Crippen LogP contribution is -2.06. The highest BCUT2D eigenvalue weighted by atomic mass is 16.5. The van der Waals surface area contributed by atoms with Gasteiger partial charge in [0.2, 0.25) is 0 Å². The Hall–Kier alpha value is -5.94. The number of hydrogen-bond donors (Lipinski definition) is 0. The lowest BCUT2D eigenvalue weighted by atomic mass is 9.87. The number of rotatable bonds is 8. The van der Waals surface area contributed by atoms with Gasteiger partial charge in [0.25, 0.3) is 0 Å². The summed E-state index contributed by atoms with van der Waals surface area (Å²) in [4.78, 5) is 4.87. The quantitative estimate of drug-likeness (QED) is 0.159. The maximum atomic E-state index is 6.76. The van der Waals surface area contributed by atoms with Crippen LogP contribution in [0.25, 0.3) is 55.6 Å². The van der Waals surface area contributed by atoms with Crippen molar-refractivity contribution in [1.29, 1.82) is 0 Å². The fraction of sp³-hybridized carbons (Fsp3) is 0.208. The molecule has 5 aromatic carbocycles. The Kier molecular flexibility index (Phi) is 8.74. The first-order chi connectivity index (χ1) is 25.6. The zero-order valence-electron chi connectivity index (χ0n) is 31.9. The Morgan fingerprint density at radius 2 is 1.26 bits per heavy atom. The molecule has 0 radical (unpaired) electrons. The van der Waals surface area contributed by atoms with Crippen molar-refractivity contribution < 1.29 is 4.74 Å². The molecule has 0 aliphatic rings. The molecular formula is C48H46N4O. The first-order valence-corrected chi connectivity index (χ1v) is 18.6. The van der Waals surface area contributed by atoms with Gasteiger partial charge in [-0.15, -0.1) is 0 Å². The zero-order chi connectivity index (χ0) is 37.0. The molecule has 0 amide bonds. The van der Waals surface area contributed by atoms with Crippen LogP contribution in [-0.2, 0) is 0 Å². The third-order valence-corrected chi connectivity index (χ3v) is 10.2. The number of fused-ring (bicyclic) bond motifs is 3. The molecule has 8 rings (SSSR count). The van der Waals surface area contributed by atoms with Gasteiger partial charge in [-0.2, -0.15) is 5.10 Å². The van der Waals surface area contributed by atoms with E-state index in [0.29, 0.717) is 0 Å². The highest BCUT2D eigenvalue weighted by molar-refractivity contribution is 6.09. The minimum atomic E-state index is 0.244. The molecule has 0 spiro atoms. The maximum Gasteiger partial charge on any atom is 0.138 e. The minimum Gasteiger partial charge on any atom is -0.457 e. The Morgan fingerprint density at radius 1 is 0.566 bits per heavy atom. The van der Waals surface area contributed by atoms with E-state index in [0.717, 1.165) is 61.8 Å². The van der Waals surface area contributed by atoms with E-state index >= 15 is 0 Å². The molecule has 0 bridgehead atoms. The SMILES string of the molecule is Cc1cc(Oc2ccc3c4ccccc4n(-c4cc(-c5ccccc5)ccn4)c3c2)cc(-n2nc(C(C)C)c(-c3c(C)cc(C)cc3C)c2C(C)C)c1. The van der Waals surface area contributed by atoms with Crippen molar-refractivity contribution >= 4 is 21.8 Å². The molecule has 0 fully saturated rings. The molecule has 3 heterocycles. The second-order valence-corrected chi connectivity index (χ2v) is 15.0. The third-order valence-electron chi connectivity index (χ3n) is 10.2. The molecule has 3 aromatic heterocycles. The van der Waals surface area contributed by atoms with E-state index in [9.17, 15) is 0 Å². The predicted molar refractivity (Wildman–Crippen MR) is 220 cm³/mol. The van der Waals surface area contributed by atoms with Gasteiger partial charge in [0, 0.05) is 34.7 Å². The van der Waals surface area contributed by atoms with Gasteiger partial charge < -0.3 is 4.74 Å². The van der Waals surface area contributed by atoms with Crippen LogP contribution < -0.4 is 4.74 Å². The molecule has 53 heavy (non-hydrogen) atoms. The molecule has 5 nitrogen and oxygen atoms in total. The van der Waals surface area contributed by atoms with Crippen molar-refractivity contribution in [2.75, 3.05) is 0 Å². The van der Waals surface area contributed by atoms with Crippen molar-refractivity contribution in [2.45, 2.75) is 67.2 Å². The summed E-state index contributed by atoms with van der Waals surface area (Å²) in [5.74, 6) is 2.89. The van der Waals surface area contributed by atoms with Crippen molar-refractivity contribution in [3.63, 3.8) is 0 Å². The van der Waals surface area contributed by atoms with E-state index < -0.39 is 0 Å². The summed E-state index contributed by atoms with van der Waals surface area (Å²) >= 11 is 0. The molecule has 0 aliphatic carbocycles. The molecule has 0 saturated heterocycles. The smallest absolute Gasteiger partial charge is 0.138 e. The van der Waals surface area contributed by atoms with Crippen LogP contribution in [0.3, 0.4) is 0 Å². The van der Waals surface area contributed by atoms with Gasteiger partial charge in [-0.1, -0.05) is 93.9 Å². The summed E-state index contributed by atoms with van der Waals surface area (Å²) in [7, 11) is 0. The summed E-state index contributed by atoms with van der Waals surface area (Å²) < 4.78 is 11.2. The summed E-state index contributed by atoms with van der Waals surface area (Å²) in [6.07, 6.45) is 1.89. The summed E-state index contributed by atoms with van der Waals surface area (Å²) in [5, 5.41) is 7.69. The Balaban J connectivity index is 1.24. The zero-order valence-corrected chi connectivity index (χ0v) is 31.9. The van der Waals surface area contributed by atoms with Crippen molar-refractivity contribution in [3.8, 4) is 45.3 Å². The number of aryl methyl sites for hydroxylation is 4. The van der Waals surface area contributed by atoms with Crippen LogP contribution in [-0.4, -0.2) is 19.3 Å². The molecule has 264 valence electrons. The fourth-order valence-corrected chi connectivity index (χ4v) is 8.07. The number of aromatic nitrogens is 4. The lowest BCUT2D eigenvalue weighted by Gasteiger charge is -2.18. The van der Waals surface area contributed by atoms with Gasteiger partial charge in [-0.25, -0.2) is 9.67 Å². The lowest BCUT2D eigenvalue weighted by molar-refractivity contribution is 0.482. The standard InChI is InChI=1S/C48H46N4O/c1-29(2)47-46(45-33(7)22-31(5)23-34(45)8)48(30(3)4)52(50-47)37-24-32(6)25-39(27-37)53-38-18-19-41-40-16-12-13-17-42(40)51(43(41)28-38)44-26-36(20-21-49-44)35-14-10-9-11-15-35/h9-30H,1-8H3. The second-order valence-electron chi connectivity index (χ2n) is 15.0. The van der Waals surface area contributed by atoms with E-state index in [4.69, 9.17) is 14.8 Å². The third kappa shape index (κ3) is 6.20. The highest BCUT2D eigenvalue weighted by Crippen LogP contribution is 2.42. The normalized spacial score (nSPS) is 11.7. The molecule has 5 heteroatoms. The number of para-hydroxylation sites is 1. The maximum absolute atomic E-state index is 6.76. The monoisotopic (exact) mass is 694 g/mol. The Labute approximate surface area is 312 Å². The predicted octanol–water partition coefficient (Wildman–Crippen LogP) is 13.0. The van der Waals surface area contributed by atoms with Crippen LogP contribution in [0.5, 0.6) is 11.5 Å². The molecule has 0 saturated carbocycles. The molecule has 0 aliphatic heterocycles. The van der Waals surface area contributed by atoms with Gasteiger partial charge in [-0.3, -0.25) is 4.57 Å². The van der Waals surface area contributed by atoms with E-state index in [1.165, 1.54) is 38.9 Å². The average molecular weight is 695 g/mol. The molecule has 0 N–H and O–H groups in total.